The summed E-state index contributed by atoms with van der Waals surface area (Å²) < 4.78 is 6.46. The van der Waals surface area contributed by atoms with Crippen LogP contribution in [0.1, 0.15) is 6.92 Å². The number of nitrogens with two attached hydrogens (primary N) is 1. The lowest BCUT2D eigenvalue weighted by Crippen LogP contribution is -2.18. The second kappa shape index (κ2) is 6.22. The minimum absolute atomic E-state index is 0.0414. The quantitative estimate of drug-likeness (QED) is 0.820. The first-order valence-electron chi connectivity index (χ1n) is 4.66. The Morgan fingerprint density at radius 1 is 1.44 bits per heavy atom. The van der Waals surface area contributed by atoms with Crippen LogP contribution in [0.25, 0.3) is 0 Å². The van der Waals surface area contributed by atoms with Gasteiger partial charge in [0.05, 0.1) is 5.69 Å². The third-order valence-electron chi connectivity index (χ3n) is 1.77. The molecule has 0 spiro atoms. The minimum atomic E-state index is -0.201. The first-order valence-corrected chi connectivity index (χ1v) is 6.25. The molecule has 0 aliphatic carbocycles. The van der Waals surface area contributed by atoms with Gasteiger partial charge in [-0.3, -0.25) is 4.79 Å². The maximum Gasteiger partial charge on any atom is 0.250 e. The highest BCUT2D eigenvalue weighted by atomic mass is 79.9. The van der Waals surface area contributed by atoms with E-state index in [9.17, 15) is 4.79 Å². The molecule has 0 aromatic heterocycles. The summed E-state index contributed by atoms with van der Waals surface area (Å²) in [7, 11) is 0. The fourth-order valence-electron chi connectivity index (χ4n) is 1.08. The van der Waals surface area contributed by atoms with Gasteiger partial charge in [-0.05, 0) is 50.9 Å². The van der Waals surface area contributed by atoms with Crippen molar-refractivity contribution in [2.45, 2.75) is 6.92 Å². The highest BCUT2D eigenvalue weighted by Crippen LogP contribution is 2.33. The van der Waals surface area contributed by atoms with E-state index in [4.69, 9.17) is 10.5 Å². The molecule has 1 aromatic carbocycles. The molecule has 0 radical (unpaired) electrons. The zero-order chi connectivity index (χ0) is 12.1. The SMILES string of the molecule is CCOCC(=O)Nc1c(Br)cc(N)cc1Br. The smallest absolute Gasteiger partial charge is 0.250 e. The summed E-state index contributed by atoms with van der Waals surface area (Å²) in [6.45, 7) is 2.39. The van der Waals surface area contributed by atoms with E-state index in [-0.39, 0.29) is 12.5 Å². The molecule has 0 saturated carbocycles. The van der Waals surface area contributed by atoms with Gasteiger partial charge in [0.1, 0.15) is 6.61 Å². The van der Waals surface area contributed by atoms with Crippen LogP contribution in [0.3, 0.4) is 0 Å². The normalized spacial score (nSPS) is 10.2. The monoisotopic (exact) mass is 350 g/mol. The van der Waals surface area contributed by atoms with Gasteiger partial charge in [0.25, 0.3) is 0 Å². The number of hydrogen-bond donors (Lipinski definition) is 2. The second-order valence-corrected chi connectivity index (χ2v) is 4.75. The van der Waals surface area contributed by atoms with E-state index in [2.05, 4.69) is 37.2 Å². The molecular weight excluding hydrogens is 340 g/mol. The van der Waals surface area contributed by atoms with Crippen LogP contribution < -0.4 is 11.1 Å². The number of nitrogens with one attached hydrogen (secondary N) is 1. The molecule has 0 atom stereocenters. The summed E-state index contributed by atoms with van der Waals surface area (Å²) in [4.78, 5) is 11.5. The molecule has 1 aromatic rings. The van der Waals surface area contributed by atoms with Gasteiger partial charge in [0, 0.05) is 21.2 Å². The van der Waals surface area contributed by atoms with Gasteiger partial charge in [0.2, 0.25) is 5.91 Å². The summed E-state index contributed by atoms with van der Waals surface area (Å²) in [6, 6.07) is 3.45. The maximum atomic E-state index is 11.5. The lowest BCUT2D eigenvalue weighted by Gasteiger charge is -2.10. The predicted octanol–water partition coefficient (Wildman–Crippen LogP) is 2.77. The molecule has 0 fully saturated rings. The van der Waals surface area contributed by atoms with Crippen LogP contribution in [0.4, 0.5) is 11.4 Å². The topological polar surface area (TPSA) is 64.3 Å². The maximum absolute atomic E-state index is 11.5. The van der Waals surface area contributed by atoms with E-state index in [0.29, 0.717) is 18.0 Å². The Hall–Kier alpha value is -0.590. The first kappa shape index (κ1) is 13.5. The van der Waals surface area contributed by atoms with Crippen molar-refractivity contribution in [3.63, 3.8) is 0 Å². The number of ether oxygens (including phenoxy) is 1. The van der Waals surface area contributed by atoms with Crippen molar-refractivity contribution in [3.05, 3.63) is 21.1 Å². The highest BCUT2D eigenvalue weighted by Gasteiger charge is 2.10. The van der Waals surface area contributed by atoms with Crippen molar-refractivity contribution in [2.75, 3.05) is 24.3 Å². The fourth-order valence-corrected chi connectivity index (χ4v) is 2.50. The predicted molar refractivity (Wildman–Crippen MR) is 71.4 cm³/mol. The molecule has 16 heavy (non-hydrogen) atoms. The van der Waals surface area contributed by atoms with Crippen molar-refractivity contribution >= 4 is 49.1 Å². The van der Waals surface area contributed by atoms with Crippen LogP contribution in [-0.4, -0.2) is 19.1 Å². The lowest BCUT2D eigenvalue weighted by molar-refractivity contribution is -0.120. The van der Waals surface area contributed by atoms with Gasteiger partial charge in [-0.2, -0.15) is 0 Å². The summed E-state index contributed by atoms with van der Waals surface area (Å²) >= 11 is 6.66. The Kier molecular flexibility index (Phi) is 5.24. The van der Waals surface area contributed by atoms with E-state index < -0.39 is 0 Å². The number of carbonyl (C=O) groups is 1. The summed E-state index contributed by atoms with van der Waals surface area (Å²) in [5, 5.41) is 2.73. The van der Waals surface area contributed by atoms with E-state index in [1.165, 1.54) is 0 Å². The first-order chi connectivity index (χ1) is 7.54. The van der Waals surface area contributed by atoms with Gasteiger partial charge in [0.15, 0.2) is 0 Å². The molecule has 4 nitrogen and oxygen atoms in total. The van der Waals surface area contributed by atoms with Gasteiger partial charge in [-0.25, -0.2) is 0 Å². The lowest BCUT2D eigenvalue weighted by atomic mass is 10.3. The van der Waals surface area contributed by atoms with E-state index in [1.807, 2.05) is 6.92 Å². The summed E-state index contributed by atoms with van der Waals surface area (Å²) in [5.74, 6) is -0.201. The third kappa shape index (κ3) is 3.77. The molecule has 1 rings (SSSR count). The molecule has 1 amide bonds. The zero-order valence-electron chi connectivity index (χ0n) is 8.72. The van der Waals surface area contributed by atoms with Crippen LogP contribution in [-0.2, 0) is 9.53 Å². The van der Waals surface area contributed by atoms with Crippen molar-refractivity contribution < 1.29 is 9.53 Å². The number of rotatable bonds is 4. The van der Waals surface area contributed by atoms with Crippen LogP contribution in [0.15, 0.2) is 21.1 Å². The summed E-state index contributed by atoms with van der Waals surface area (Å²) in [6.07, 6.45) is 0. The number of halogens is 2. The Labute approximate surface area is 111 Å². The van der Waals surface area contributed by atoms with Gasteiger partial charge in [-0.1, -0.05) is 0 Å². The average Bonchev–Trinajstić information content (AvgIpc) is 2.20. The molecular formula is C10H12Br2N2O2. The Morgan fingerprint density at radius 3 is 2.50 bits per heavy atom. The Bertz CT molecular complexity index is 373. The molecule has 0 aliphatic rings. The van der Waals surface area contributed by atoms with Crippen molar-refractivity contribution in [1.29, 1.82) is 0 Å². The number of carbonyl (C=O) groups excluding carboxylic acids is 1. The number of anilines is 2. The average molecular weight is 352 g/mol. The largest absolute Gasteiger partial charge is 0.399 e. The Morgan fingerprint density at radius 2 is 2.00 bits per heavy atom. The molecule has 0 bridgehead atoms. The van der Waals surface area contributed by atoms with Crippen LogP contribution in [0.5, 0.6) is 0 Å². The van der Waals surface area contributed by atoms with E-state index in [0.717, 1.165) is 8.95 Å². The highest BCUT2D eigenvalue weighted by molar-refractivity contribution is 9.11. The third-order valence-corrected chi connectivity index (χ3v) is 3.02. The molecule has 3 N–H and O–H groups in total. The van der Waals surface area contributed by atoms with Crippen molar-refractivity contribution in [1.82, 2.24) is 0 Å². The molecule has 6 heteroatoms. The zero-order valence-corrected chi connectivity index (χ0v) is 11.9. The number of amides is 1. The number of nitrogen functional groups attached to an aromatic ring is 1. The molecule has 88 valence electrons. The van der Waals surface area contributed by atoms with Crippen LogP contribution in [0, 0.1) is 0 Å². The number of benzene rings is 1. The standard InChI is InChI=1S/C10H12Br2N2O2/c1-2-16-5-9(15)14-10-7(11)3-6(13)4-8(10)12/h3-4H,2,5,13H2,1H3,(H,14,15). The van der Waals surface area contributed by atoms with Crippen molar-refractivity contribution in [2.24, 2.45) is 0 Å². The van der Waals surface area contributed by atoms with E-state index >= 15 is 0 Å². The molecule has 0 heterocycles. The summed E-state index contributed by atoms with van der Waals surface area (Å²) in [5.41, 5.74) is 6.91. The Balaban J connectivity index is 2.77. The van der Waals surface area contributed by atoms with Gasteiger partial charge < -0.3 is 15.8 Å². The van der Waals surface area contributed by atoms with Gasteiger partial charge in [-0.15, -0.1) is 0 Å². The second-order valence-electron chi connectivity index (χ2n) is 3.04. The van der Waals surface area contributed by atoms with Gasteiger partial charge >= 0.3 is 0 Å². The molecule has 0 saturated heterocycles. The van der Waals surface area contributed by atoms with Crippen LogP contribution >= 0.6 is 31.9 Å². The van der Waals surface area contributed by atoms with E-state index in [1.54, 1.807) is 12.1 Å². The minimum Gasteiger partial charge on any atom is -0.399 e. The molecule has 0 aliphatic heterocycles. The molecule has 0 unspecified atom stereocenters. The van der Waals surface area contributed by atoms with Crippen LogP contribution in [0.2, 0.25) is 0 Å². The number of hydrogen-bond acceptors (Lipinski definition) is 3. The fraction of sp³-hybridized carbons (Fsp3) is 0.300. The van der Waals surface area contributed by atoms with Crippen molar-refractivity contribution in [3.8, 4) is 0 Å².